The molecular weight excluding hydrogens is 419 g/mol. The van der Waals surface area contributed by atoms with Gasteiger partial charge in [-0.3, -0.25) is 4.90 Å². The number of hydrogen-bond donors (Lipinski definition) is 1. The molecule has 6 nitrogen and oxygen atoms in total. The van der Waals surface area contributed by atoms with Gasteiger partial charge < -0.3 is 14.1 Å². The zero-order chi connectivity index (χ0) is 21.5. The summed E-state index contributed by atoms with van der Waals surface area (Å²) in [6.07, 6.45) is 2.11. The lowest BCUT2D eigenvalue weighted by atomic mass is 10.2. The topological polar surface area (TPSA) is 67.2 Å². The summed E-state index contributed by atoms with van der Waals surface area (Å²) in [7, 11) is 1.44. The molecule has 1 fully saturated rings. The van der Waals surface area contributed by atoms with Crippen LogP contribution in [0.15, 0.2) is 40.8 Å². The van der Waals surface area contributed by atoms with Crippen LogP contribution in [0.25, 0.3) is 22.5 Å². The Morgan fingerprint density at radius 3 is 2.97 bits per heavy atom. The van der Waals surface area contributed by atoms with Crippen molar-refractivity contribution in [3.8, 4) is 17.2 Å². The monoisotopic (exact) mass is 440 g/mol. The predicted molar refractivity (Wildman–Crippen MR) is 117 cm³/mol. The minimum atomic E-state index is -0.415. The van der Waals surface area contributed by atoms with E-state index in [1.165, 1.54) is 13.2 Å². The average molecular weight is 441 g/mol. The minimum absolute atomic E-state index is 0.166. The maximum Gasteiger partial charge on any atom is 0.226 e. The zero-order valence-corrected chi connectivity index (χ0v) is 18.0. The molecule has 1 aliphatic heterocycles. The number of hydrogen-bond acceptors (Lipinski definition) is 5. The zero-order valence-electron chi connectivity index (χ0n) is 17.3. The molecule has 1 saturated heterocycles. The molecular formula is C23H22ClFN4O2. The molecule has 3 heterocycles. The van der Waals surface area contributed by atoms with Gasteiger partial charge in [-0.2, -0.15) is 0 Å². The lowest BCUT2D eigenvalue weighted by molar-refractivity contribution is 0.237. The van der Waals surface area contributed by atoms with E-state index in [1.54, 1.807) is 12.1 Å². The van der Waals surface area contributed by atoms with Gasteiger partial charge in [0.25, 0.3) is 0 Å². The third-order valence-corrected chi connectivity index (χ3v) is 6.02. The molecule has 1 aliphatic rings. The van der Waals surface area contributed by atoms with Crippen LogP contribution in [0.4, 0.5) is 4.39 Å². The van der Waals surface area contributed by atoms with Crippen molar-refractivity contribution in [2.24, 2.45) is 0 Å². The van der Waals surface area contributed by atoms with Gasteiger partial charge in [0.1, 0.15) is 11.6 Å². The number of methoxy groups -OCH3 is 1. The van der Waals surface area contributed by atoms with Gasteiger partial charge >= 0.3 is 0 Å². The van der Waals surface area contributed by atoms with Crippen LogP contribution in [0.1, 0.15) is 36.2 Å². The summed E-state index contributed by atoms with van der Waals surface area (Å²) < 4.78 is 24.7. The molecule has 4 aromatic rings. The van der Waals surface area contributed by atoms with Gasteiger partial charge in [-0.1, -0.05) is 11.6 Å². The molecule has 0 bridgehead atoms. The average Bonchev–Trinajstić information content (AvgIpc) is 3.47. The van der Waals surface area contributed by atoms with Gasteiger partial charge in [0.15, 0.2) is 11.6 Å². The largest absolute Gasteiger partial charge is 0.494 e. The van der Waals surface area contributed by atoms with E-state index in [4.69, 9.17) is 30.7 Å². The standard InChI is InChI=1S/C23H22ClFN4O2/c1-13-19(28-23(31-13)14-5-7-16(25)21(10-14)30-2)12-29-9-3-4-20(29)22-26-17-8-6-15(24)11-18(17)27-22/h5-8,10-11,20H,3-4,9,12H2,1-2H3,(H,26,27). The highest BCUT2D eigenvalue weighted by Gasteiger charge is 2.30. The molecule has 160 valence electrons. The fourth-order valence-electron chi connectivity index (χ4n) is 4.17. The number of likely N-dealkylation sites (tertiary alicyclic amines) is 1. The number of nitrogens with one attached hydrogen (secondary N) is 1. The minimum Gasteiger partial charge on any atom is -0.494 e. The maximum absolute atomic E-state index is 13.7. The third-order valence-electron chi connectivity index (χ3n) is 5.79. The number of aryl methyl sites for hydroxylation is 1. The van der Waals surface area contributed by atoms with Crippen molar-refractivity contribution in [1.82, 2.24) is 19.9 Å². The number of halogens is 2. The molecule has 0 amide bonds. The smallest absolute Gasteiger partial charge is 0.226 e. The van der Waals surface area contributed by atoms with Crippen LogP contribution in [-0.2, 0) is 6.54 Å². The molecule has 31 heavy (non-hydrogen) atoms. The summed E-state index contributed by atoms with van der Waals surface area (Å²) in [6.45, 7) is 3.51. The second kappa shape index (κ2) is 7.98. The fourth-order valence-corrected chi connectivity index (χ4v) is 4.34. The highest BCUT2D eigenvalue weighted by molar-refractivity contribution is 6.31. The van der Waals surface area contributed by atoms with E-state index in [9.17, 15) is 4.39 Å². The Bertz CT molecular complexity index is 1250. The Kier molecular flexibility index (Phi) is 5.16. The number of H-pyrrole nitrogens is 1. The second-order valence-electron chi connectivity index (χ2n) is 7.78. The number of ether oxygens (including phenoxy) is 1. The molecule has 0 radical (unpaired) electrons. The molecule has 1 atom stereocenters. The maximum atomic E-state index is 13.7. The van der Waals surface area contributed by atoms with Crippen molar-refractivity contribution >= 4 is 22.6 Å². The third kappa shape index (κ3) is 3.79. The van der Waals surface area contributed by atoms with Crippen LogP contribution in [0.3, 0.4) is 0 Å². The number of aromatic nitrogens is 3. The van der Waals surface area contributed by atoms with Crippen LogP contribution in [0.5, 0.6) is 5.75 Å². The molecule has 0 saturated carbocycles. The first-order valence-electron chi connectivity index (χ1n) is 10.2. The van der Waals surface area contributed by atoms with Gasteiger partial charge in [0, 0.05) is 17.1 Å². The number of imidazole rings is 1. The number of nitrogens with zero attached hydrogens (tertiary/aromatic N) is 3. The number of aromatic amines is 1. The van der Waals surface area contributed by atoms with Crippen LogP contribution < -0.4 is 4.74 Å². The van der Waals surface area contributed by atoms with E-state index in [1.807, 2.05) is 25.1 Å². The molecule has 2 aromatic heterocycles. The first-order valence-corrected chi connectivity index (χ1v) is 10.6. The van der Waals surface area contributed by atoms with E-state index < -0.39 is 5.82 Å². The quantitative estimate of drug-likeness (QED) is 0.433. The lowest BCUT2D eigenvalue weighted by Gasteiger charge is -2.21. The van der Waals surface area contributed by atoms with Crippen molar-refractivity contribution in [2.75, 3.05) is 13.7 Å². The Labute approximate surface area is 184 Å². The van der Waals surface area contributed by atoms with Crippen LogP contribution in [-0.4, -0.2) is 33.5 Å². The first kappa shape index (κ1) is 20.0. The summed E-state index contributed by atoms with van der Waals surface area (Å²) >= 11 is 6.12. The highest BCUT2D eigenvalue weighted by atomic mass is 35.5. The summed E-state index contributed by atoms with van der Waals surface area (Å²) in [5.41, 5.74) is 3.40. The molecule has 5 rings (SSSR count). The van der Waals surface area contributed by atoms with Crippen molar-refractivity contribution in [3.63, 3.8) is 0 Å². The van der Waals surface area contributed by atoms with E-state index in [0.717, 1.165) is 47.7 Å². The van der Waals surface area contributed by atoms with Gasteiger partial charge in [-0.25, -0.2) is 14.4 Å². The van der Waals surface area contributed by atoms with Crippen molar-refractivity contribution < 1.29 is 13.5 Å². The summed E-state index contributed by atoms with van der Waals surface area (Å²) in [5.74, 6) is 1.90. The molecule has 2 aromatic carbocycles. The normalized spacial score (nSPS) is 17.0. The summed E-state index contributed by atoms with van der Waals surface area (Å²) in [4.78, 5) is 15.3. The van der Waals surface area contributed by atoms with Gasteiger partial charge in [-0.15, -0.1) is 0 Å². The van der Waals surface area contributed by atoms with Crippen LogP contribution in [0.2, 0.25) is 5.02 Å². The van der Waals surface area contributed by atoms with Gasteiger partial charge in [-0.05, 0) is 62.7 Å². The fraction of sp³-hybridized carbons (Fsp3) is 0.304. The Morgan fingerprint density at radius 2 is 2.13 bits per heavy atom. The van der Waals surface area contributed by atoms with Crippen molar-refractivity contribution in [3.05, 3.63) is 64.5 Å². The number of rotatable bonds is 5. The van der Waals surface area contributed by atoms with Crippen molar-refractivity contribution in [1.29, 1.82) is 0 Å². The Hall–Kier alpha value is -2.90. The highest BCUT2D eigenvalue weighted by Crippen LogP contribution is 2.34. The van der Waals surface area contributed by atoms with Crippen molar-refractivity contribution in [2.45, 2.75) is 32.4 Å². The number of oxazole rings is 1. The summed E-state index contributed by atoms with van der Waals surface area (Å²) in [6, 6.07) is 10.5. The molecule has 8 heteroatoms. The van der Waals surface area contributed by atoms with E-state index in [2.05, 4.69) is 9.88 Å². The first-order chi connectivity index (χ1) is 15.0. The predicted octanol–water partition coefficient (Wildman–Crippen LogP) is 5.66. The van der Waals surface area contributed by atoms with Gasteiger partial charge in [0.05, 0.1) is 29.9 Å². The molecule has 0 spiro atoms. The van der Waals surface area contributed by atoms with Gasteiger partial charge in [0.2, 0.25) is 5.89 Å². The summed E-state index contributed by atoms with van der Waals surface area (Å²) in [5, 5.41) is 0.689. The molecule has 1 N–H and O–H groups in total. The number of fused-ring (bicyclic) bond motifs is 1. The molecule has 0 aliphatic carbocycles. The molecule has 1 unspecified atom stereocenters. The van der Waals surface area contributed by atoms with E-state index in [0.29, 0.717) is 23.0 Å². The van der Waals surface area contributed by atoms with E-state index in [-0.39, 0.29) is 11.8 Å². The Balaban J connectivity index is 1.40. The Morgan fingerprint density at radius 1 is 1.26 bits per heavy atom. The SMILES string of the molecule is COc1cc(-c2nc(CN3CCCC3c3nc4ccc(Cl)cc4[nH]3)c(C)o2)ccc1F. The van der Waals surface area contributed by atoms with Crippen LogP contribution >= 0.6 is 11.6 Å². The van der Waals surface area contributed by atoms with Crippen LogP contribution in [0, 0.1) is 12.7 Å². The lowest BCUT2D eigenvalue weighted by Crippen LogP contribution is -2.24. The number of benzene rings is 2. The van der Waals surface area contributed by atoms with E-state index >= 15 is 0 Å². The second-order valence-corrected chi connectivity index (χ2v) is 8.22.